The Balaban J connectivity index is 1.73. The fraction of sp³-hybridized carbons (Fsp3) is 0.500. The second-order valence-electron chi connectivity index (χ2n) is 5.03. The zero-order valence-corrected chi connectivity index (χ0v) is 11.4. The molecule has 3 rings (SSSR count). The van der Waals surface area contributed by atoms with Crippen LogP contribution in [0.4, 0.5) is 5.82 Å². The molecule has 1 aliphatic carbocycles. The van der Waals surface area contributed by atoms with Crippen molar-refractivity contribution in [3.05, 3.63) is 18.6 Å². The number of nitrogens with zero attached hydrogens (tertiary/aromatic N) is 3. The zero-order valence-electron chi connectivity index (χ0n) is 10.6. The van der Waals surface area contributed by atoms with Crippen LogP contribution in [0.2, 0.25) is 0 Å². The van der Waals surface area contributed by atoms with Gasteiger partial charge in [0, 0.05) is 19.3 Å². The van der Waals surface area contributed by atoms with E-state index in [9.17, 15) is 4.21 Å². The van der Waals surface area contributed by atoms with E-state index in [-0.39, 0.29) is 0 Å². The molecule has 2 N–H and O–H groups in total. The van der Waals surface area contributed by atoms with Gasteiger partial charge in [-0.15, -0.1) is 0 Å². The van der Waals surface area contributed by atoms with Crippen molar-refractivity contribution in [2.75, 3.05) is 17.7 Å². The van der Waals surface area contributed by atoms with Gasteiger partial charge in [-0.3, -0.25) is 0 Å². The van der Waals surface area contributed by atoms with Crippen LogP contribution < -0.4 is 4.90 Å². The molecule has 0 aliphatic heterocycles. The monoisotopic (exact) mass is 280 g/mol. The van der Waals surface area contributed by atoms with E-state index in [1.54, 1.807) is 6.33 Å². The minimum atomic E-state index is -1.68. The van der Waals surface area contributed by atoms with Gasteiger partial charge >= 0.3 is 0 Å². The molecule has 1 fully saturated rings. The molecule has 0 saturated heterocycles. The maximum Gasteiger partial charge on any atom is 0.153 e. The summed E-state index contributed by atoms with van der Waals surface area (Å²) in [6, 6.07) is 2.36. The van der Waals surface area contributed by atoms with Crippen molar-refractivity contribution in [2.24, 2.45) is 5.92 Å². The van der Waals surface area contributed by atoms with Crippen LogP contribution in [0.1, 0.15) is 12.8 Å². The second kappa shape index (κ2) is 4.90. The van der Waals surface area contributed by atoms with Crippen LogP contribution in [-0.2, 0) is 11.1 Å². The van der Waals surface area contributed by atoms with E-state index in [4.69, 9.17) is 4.55 Å². The summed E-state index contributed by atoms with van der Waals surface area (Å²) in [5.74, 6) is 1.65. The first-order valence-corrected chi connectivity index (χ1v) is 7.51. The largest absolute Gasteiger partial charge is 0.356 e. The van der Waals surface area contributed by atoms with E-state index in [1.807, 2.05) is 19.3 Å². The summed E-state index contributed by atoms with van der Waals surface area (Å²) >= 11 is -1.68. The van der Waals surface area contributed by atoms with Crippen molar-refractivity contribution in [2.45, 2.75) is 18.9 Å². The minimum Gasteiger partial charge on any atom is -0.356 e. The topological polar surface area (TPSA) is 82.1 Å². The molecule has 0 spiro atoms. The van der Waals surface area contributed by atoms with Crippen molar-refractivity contribution >= 4 is 27.9 Å². The van der Waals surface area contributed by atoms with Gasteiger partial charge in [-0.1, -0.05) is 0 Å². The third-order valence-corrected chi connectivity index (χ3v) is 4.56. The highest BCUT2D eigenvalue weighted by Gasteiger charge is 2.34. The number of aromatic nitrogens is 3. The fourth-order valence-corrected chi connectivity index (χ4v) is 3.34. The van der Waals surface area contributed by atoms with Crippen LogP contribution in [0.25, 0.3) is 11.0 Å². The summed E-state index contributed by atoms with van der Waals surface area (Å²) < 4.78 is 19.6. The Kier molecular flexibility index (Phi) is 3.24. The van der Waals surface area contributed by atoms with Crippen LogP contribution in [0.15, 0.2) is 18.6 Å². The molecule has 0 radical (unpaired) electrons. The number of nitrogens with one attached hydrogen (secondary N) is 1. The molecule has 6 nitrogen and oxygen atoms in total. The van der Waals surface area contributed by atoms with E-state index < -0.39 is 11.1 Å². The van der Waals surface area contributed by atoms with E-state index >= 15 is 0 Å². The predicted octanol–water partition coefficient (Wildman–Crippen LogP) is 1.39. The first-order valence-electron chi connectivity index (χ1n) is 6.23. The number of hydrogen-bond acceptors (Lipinski definition) is 4. The van der Waals surface area contributed by atoms with Gasteiger partial charge in [-0.25, -0.2) is 14.2 Å². The summed E-state index contributed by atoms with van der Waals surface area (Å²) in [4.78, 5) is 13.7. The zero-order chi connectivity index (χ0) is 13.4. The lowest BCUT2D eigenvalue weighted by molar-refractivity contribution is 0.281. The molecule has 0 amide bonds. The third kappa shape index (κ3) is 2.35. The number of rotatable bonds is 4. The van der Waals surface area contributed by atoms with Crippen LogP contribution in [0, 0.1) is 5.92 Å². The molecule has 102 valence electrons. The standard InChI is InChI=1S/C12H16N4O2S/c1-16(9-4-8(5-9)6-19(17)18)12-10-2-3-13-11(10)14-7-15-12/h2-3,7-9H,4-6H2,1H3,(H,17,18)(H,13,14,15). The molecule has 2 aromatic heterocycles. The second-order valence-corrected chi connectivity index (χ2v) is 6.00. The quantitative estimate of drug-likeness (QED) is 0.827. The summed E-state index contributed by atoms with van der Waals surface area (Å²) in [5.41, 5.74) is 0.837. The Morgan fingerprint density at radius 1 is 1.53 bits per heavy atom. The van der Waals surface area contributed by atoms with Crippen molar-refractivity contribution in [1.82, 2.24) is 15.0 Å². The van der Waals surface area contributed by atoms with Crippen LogP contribution in [0.5, 0.6) is 0 Å². The lowest BCUT2D eigenvalue weighted by atomic mass is 9.81. The molecule has 1 aliphatic rings. The maximum absolute atomic E-state index is 10.8. The van der Waals surface area contributed by atoms with Crippen molar-refractivity contribution < 1.29 is 8.76 Å². The van der Waals surface area contributed by atoms with Gasteiger partial charge in [0.15, 0.2) is 11.1 Å². The number of fused-ring (bicyclic) bond motifs is 1. The molecule has 19 heavy (non-hydrogen) atoms. The Morgan fingerprint density at radius 2 is 2.32 bits per heavy atom. The highest BCUT2D eigenvalue weighted by Crippen LogP contribution is 2.35. The molecule has 1 atom stereocenters. The average molecular weight is 280 g/mol. The molecule has 7 heteroatoms. The first-order chi connectivity index (χ1) is 9.15. The SMILES string of the molecule is CN(c1ncnc2[nH]ccc12)C1CC(CS(=O)O)C1. The van der Waals surface area contributed by atoms with Crippen molar-refractivity contribution in [3.63, 3.8) is 0 Å². The molecule has 1 unspecified atom stereocenters. The van der Waals surface area contributed by atoms with E-state index in [2.05, 4.69) is 19.9 Å². The number of anilines is 1. The van der Waals surface area contributed by atoms with Crippen molar-refractivity contribution in [3.8, 4) is 0 Å². The smallest absolute Gasteiger partial charge is 0.153 e. The van der Waals surface area contributed by atoms with Gasteiger partial charge in [0.2, 0.25) is 0 Å². The van der Waals surface area contributed by atoms with Gasteiger partial charge < -0.3 is 14.4 Å². The molecule has 0 aromatic carbocycles. The van der Waals surface area contributed by atoms with Crippen LogP contribution in [0.3, 0.4) is 0 Å². The van der Waals surface area contributed by atoms with Gasteiger partial charge in [0.1, 0.15) is 17.8 Å². The Bertz CT molecular complexity index is 609. The molecular weight excluding hydrogens is 264 g/mol. The number of hydrogen-bond donors (Lipinski definition) is 2. The van der Waals surface area contributed by atoms with Crippen LogP contribution in [-0.4, -0.2) is 42.6 Å². The number of aromatic amines is 1. The predicted molar refractivity (Wildman–Crippen MR) is 74.4 cm³/mol. The Hall–Kier alpha value is -1.47. The minimum absolute atomic E-state index is 0.349. The average Bonchev–Trinajstić information content (AvgIpc) is 2.80. The molecule has 2 heterocycles. The molecule has 2 aromatic rings. The molecule has 0 bridgehead atoms. The lowest BCUT2D eigenvalue weighted by Crippen LogP contribution is -2.44. The summed E-state index contributed by atoms with van der Waals surface area (Å²) in [7, 11) is 2.02. The summed E-state index contributed by atoms with van der Waals surface area (Å²) in [6.07, 6.45) is 5.30. The van der Waals surface area contributed by atoms with Gasteiger partial charge in [0.25, 0.3) is 0 Å². The summed E-state index contributed by atoms with van der Waals surface area (Å²) in [5, 5.41) is 1.01. The van der Waals surface area contributed by atoms with Crippen LogP contribution >= 0.6 is 0 Å². The highest BCUT2D eigenvalue weighted by molar-refractivity contribution is 7.79. The first kappa shape index (κ1) is 12.6. The van der Waals surface area contributed by atoms with Gasteiger partial charge in [-0.05, 0) is 24.8 Å². The van der Waals surface area contributed by atoms with Gasteiger partial charge in [0.05, 0.1) is 11.1 Å². The van der Waals surface area contributed by atoms with E-state index in [1.165, 1.54) is 0 Å². The van der Waals surface area contributed by atoms with Gasteiger partial charge in [-0.2, -0.15) is 0 Å². The fourth-order valence-electron chi connectivity index (χ4n) is 2.67. The Labute approximate surface area is 113 Å². The van der Waals surface area contributed by atoms with E-state index in [0.717, 1.165) is 29.7 Å². The maximum atomic E-state index is 10.8. The lowest BCUT2D eigenvalue weighted by Gasteiger charge is -2.41. The normalized spacial score (nSPS) is 24.1. The number of H-pyrrole nitrogens is 1. The van der Waals surface area contributed by atoms with Crippen molar-refractivity contribution in [1.29, 1.82) is 0 Å². The highest BCUT2D eigenvalue weighted by atomic mass is 32.2. The summed E-state index contributed by atoms with van der Waals surface area (Å²) in [6.45, 7) is 0. The Morgan fingerprint density at radius 3 is 3.05 bits per heavy atom. The third-order valence-electron chi connectivity index (χ3n) is 3.80. The van der Waals surface area contributed by atoms with E-state index in [0.29, 0.717) is 17.7 Å². The molecule has 1 saturated carbocycles. The molecular formula is C12H16N4O2S.